The van der Waals surface area contributed by atoms with Crippen molar-refractivity contribution in [3.05, 3.63) is 24.3 Å². The Morgan fingerprint density at radius 2 is 2.06 bits per heavy atom. The van der Waals surface area contributed by atoms with Gasteiger partial charge in [0.25, 0.3) is 0 Å². The number of anilines is 2. The molecule has 6 heteroatoms. The number of carboxylic acids is 1. The van der Waals surface area contributed by atoms with E-state index in [-0.39, 0.29) is 18.9 Å². The number of hydrogen-bond donors (Lipinski definition) is 2. The molecule has 1 aromatic carbocycles. The van der Waals surface area contributed by atoms with Crippen molar-refractivity contribution in [3.8, 4) is 0 Å². The van der Waals surface area contributed by atoms with E-state index in [4.69, 9.17) is 15.6 Å². The van der Waals surface area contributed by atoms with Crippen molar-refractivity contribution in [1.29, 1.82) is 0 Å². The number of nitrogens with two attached hydrogens (primary N) is 1. The van der Waals surface area contributed by atoms with Crippen molar-refractivity contribution in [2.75, 3.05) is 30.9 Å². The fourth-order valence-electron chi connectivity index (χ4n) is 1.50. The molecule has 0 aromatic heterocycles. The quantitative estimate of drug-likeness (QED) is 0.728. The number of carbonyl (C=O) groups excluding carboxylic acids is 1. The second-order valence-electron chi connectivity index (χ2n) is 3.68. The van der Waals surface area contributed by atoms with Crippen LogP contribution in [0.4, 0.5) is 11.4 Å². The second-order valence-corrected chi connectivity index (χ2v) is 3.68. The van der Waals surface area contributed by atoms with Crippen LogP contribution in [0.1, 0.15) is 6.42 Å². The number of methoxy groups -OCH3 is 1. The van der Waals surface area contributed by atoms with Crippen molar-refractivity contribution in [2.24, 2.45) is 0 Å². The van der Waals surface area contributed by atoms with E-state index in [1.807, 2.05) is 0 Å². The Morgan fingerprint density at radius 1 is 1.39 bits per heavy atom. The first kappa shape index (κ1) is 14.0. The molecule has 0 atom stereocenters. The molecule has 0 fully saturated rings. The maximum atomic E-state index is 11.9. The van der Waals surface area contributed by atoms with E-state index in [0.29, 0.717) is 11.4 Å². The number of nitrogen functional groups attached to an aromatic ring is 1. The lowest BCUT2D eigenvalue weighted by atomic mass is 10.2. The second kappa shape index (κ2) is 6.61. The van der Waals surface area contributed by atoms with Crippen LogP contribution in [0.2, 0.25) is 0 Å². The molecule has 1 aromatic rings. The topological polar surface area (TPSA) is 92.9 Å². The van der Waals surface area contributed by atoms with Crippen LogP contribution < -0.4 is 10.6 Å². The summed E-state index contributed by atoms with van der Waals surface area (Å²) in [6, 6.07) is 6.65. The first-order valence-electron chi connectivity index (χ1n) is 5.42. The maximum Gasteiger partial charge on any atom is 0.323 e. The Labute approximate surface area is 105 Å². The average Bonchev–Trinajstić information content (AvgIpc) is 2.34. The van der Waals surface area contributed by atoms with E-state index in [1.165, 1.54) is 7.11 Å². The van der Waals surface area contributed by atoms with Crippen LogP contribution in [0, 0.1) is 0 Å². The lowest BCUT2D eigenvalue weighted by Crippen LogP contribution is -2.36. The van der Waals surface area contributed by atoms with Gasteiger partial charge in [-0.1, -0.05) is 12.1 Å². The lowest BCUT2D eigenvalue weighted by Gasteiger charge is -2.22. The molecule has 0 radical (unpaired) electrons. The first-order chi connectivity index (χ1) is 8.56. The highest BCUT2D eigenvalue weighted by molar-refractivity contribution is 5.99. The number of carbonyl (C=O) groups is 2. The number of aliphatic carboxylic acids is 1. The summed E-state index contributed by atoms with van der Waals surface area (Å²) in [6.45, 7) is -0.182. The minimum Gasteiger partial charge on any atom is -0.480 e. The van der Waals surface area contributed by atoms with E-state index in [0.717, 1.165) is 4.90 Å². The van der Waals surface area contributed by atoms with Gasteiger partial charge in [-0.05, 0) is 12.1 Å². The molecular weight excluding hydrogens is 236 g/mol. The normalized spacial score (nSPS) is 10.1. The van der Waals surface area contributed by atoms with Crippen LogP contribution >= 0.6 is 0 Å². The first-order valence-corrected chi connectivity index (χ1v) is 5.42. The van der Waals surface area contributed by atoms with Gasteiger partial charge in [-0.3, -0.25) is 14.5 Å². The maximum absolute atomic E-state index is 11.9. The largest absolute Gasteiger partial charge is 0.480 e. The summed E-state index contributed by atoms with van der Waals surface area (Å²) in [6.07, 6.45) is 0.109. The number of carboxylic acid groups (broad SMARTS) is 1. The number of ether oxygens (including phenoxy) is 1. The molecule has 1 rings (SSSR count). The van der Waals surface area contributed by atoms with Gasteiger partial charge in [-0.25, -0.2) is 0 Å². The van der Waals surface area contributed by atoms with Gasteiger partial charge >= 0.3 is 5.97 Å². The van der Waals surface area contributed by atoms with Crippen molar-refractivity contribution in [2.45, 2.75) is 6.42 Å². The van der Waals surface area contributed by atoms with Crippen molar-refractivity contribution < 1.29 is 19.4 Å². The molecule has 0 aliphatic rings. The summed E-state index contributed by atoms with van der Waals surface area (Å²) in [5.41, 5.74) is 6.51. The number of para-hydroxylation sites is 2. The van der Waals surface area contributed by atoms with Crippen molar-refractivity contribution >= 4 is 23.3 Å². The zero-order chi connectivity index (χ0) is 13.5. The van der Waals surface area contributed by atoms with Crippen LogP contribution in [0.25, 0.3) is 0 Å². The third-order valence-corrected chi connectivity index (χ3v) is 2.34. The Bertz CT molecular complexity index is 434. The molecule has 0 saturated carbocycles. The molecule has 6 nitrogen and oxygen atoms in total. The third-order valence-electron chi connectivity index (χ3n) is 2.34. The highest BCUT2D eigenvalue weighted by atomic mass is 16.5. The van der Waals surface area contributed by atoms with Gasteiger partial charge in [-0.2, -0.15) is 0 Å². The Hall–Kier alpha value is -2.08. The van der Waals surface area contributed by atoms with Gasteiger partial charge in [0.05, 0.1) is 24.4 Å². The van der Waals surface area contributed by atoms with Gasteiger partial charge in [-0.15, -0.1) is 0 Å². The van der Waals surface area contributed by atoms with Crippen molar-refractivity contribution in [1.82, 2.24) is 0 Å². The van der Waals surface area contributed by atoms with E-state index in [9.17, 15) is 9.59 Å². The van der Waals surface area contributed by atoms with Crippen LogP contribution in [0.3, 0.4) is 0 Å². The number of benzene rings is 1. The molecule has 0 bridgehead atoms. The van der Waals surface area contributed by atoms with Gasteiger partial charge in [0.15, 0.2) is 0 Å². The average molecular weight is 252 g/mol. The number of hydrogen-bond acceptors (Lipinski definition) is 4. The fourth-order valence-corrected chi connectivity index (χ4v) is 1.50. The molecule has 0 spiro atoms. The predicted octanol–water partition coefficient (Wildman–Crippen LogP) is 0.723. The highest BCUT2D eigenvalue weighted by Gasteiger charge is 2.20. The summed E-state index contributed by atoms with van der Waals surface area (Å²) >= 11 is 0. The zero-order valence-corrected chi connectivity index (χ0v) is 10.1. The zero-order valence-electron chi connectivity index (χ0n) is 10.1. The van der Waals surface area contributed by atoms with Crippen molar-refractivity contribution in [3.63, 3.8) is 0 Å². The lowest BCUT2D eigenvalue weighted by molar-refractivity contribution is -0.136. The van der Waals surface area contributed by atoms with Crippen LogP contribution in [0.15, 0.2) is 24.3 Å². The standard InChI is InChI=1S/C12H16N2O4/c1-18-7-6-11(15)14(8-12(16)17)10-5-3-2-4-9(10)13/h2-5H,6-8,13H2,1H3,(H,16,17). The molecule has 0 heterocycles. The smallest absolute Gasteiger partial charge is 0.323 e. The monoisotopic (exact) mass is 252 g/mol. The number of amides is 1. The summed E-state index contributed by atoms with van der Waals surface area (Å²) in [7, 11) is 1.48. The summed E-state index contributed by atoms with van der Waals surface area (Å²) < 4.78 is 4.81. The number of nitrogens with zero attached hydrogens (tertiary/aromatic N) is 1. The van der Waals surface area contributed by atoms with E-state index in [1.54, 1.807) is 24.3 Å². The molecule has 1 amide bonds. The molecule has 0 aliphatic heterocycles. The Balaban J connectivity index is 2.94. The van der Waals surface area contributed by atoms with Gasteiger partial charge < -0.3 is 15.6 Å². The SMILES string of the molecule is COCCC(=O)N(CC(=O)O)c1ccccc1N. The van der Waals surface area contributed by atoms with E-state index < -0.39 is 12.5 Å². The summed E-state index contributed by atoms with van der Waals surface area (Å²) in [5, 5.41) is 8.84. The van der Waals surface area contributed by atoms with Crippen LogP contribution in [-0.2, 0) is 14.3 Å². The minimum atomic E-state index is -1.09. The van der Waals surface area contributed by atoms with Crippen LogP contribution in [0.5, 0.6) is 0 Å². The fraction of sp³-hybridized carbons (Fsp3) is 0.333. The molecule has 18 heavy (non-hydrogen) atoms. The van der Waals surface area contributed by atoms with E-state index in [2.05, 4.69) is 0 Å². The Morgan fingerprint density at radius 3 is 2.61 bits per heavy atom. The Kier molecular flexibility index (Phi) is 5.13. The highest BCUT2D eigenvalue weighted by Crippen LogP contribution is 2.22. The van der Waals surface area contributed by atoms with Gasteiger partial charge in [0, 0.05) is 7.11 Å². The van der Waals surface area contributed by atoms with Gasteiger partial charge in [0.1, 0.15) is 6.54 Å². The summed E-state index contributed by atoms with van der Waals surface area (Å²) in [5.74, 6) is -1.43. The summed E-state index contributed by atoms with van der Waals surface area (Å²) in [4.78, 5) is 23.9. The molecule has 0 saturated heterocycles. The van der Waals surface area contributed by atoms with Gasteiger partial charge in [0.2, 0.25) is 5.91 Å². The molecular formula is C12H16N2O4. The third kappa shape index (κ3) is 3.74. The molecule has 0 unspecified atom stereocenters. The number of rotatable bonds is 6. The molecule has 98 valence electrons. The minimum absolute atomic E-state index is 0.109. The molecule has 0 aliphatic carbocycles. The predicted molar refractivity (Wildman–Crippen MR) is 67.3 cm³/mol. The van der Waals surface area contributed by atoms with E-state index >= 15 is 0 Å². The molecule has 3 N–H and O–H groups in total. The van der Waals surface area contributed by atoms with Crippen LogP contribution in [-0.4, -0.2) is 37.2 Å².